The first-order chi connectivity index (χ1) is 8.49. The molecule has 0 bridgehead atoms. The number of carbonyl (C=O) groups excluding carboxylic acids is 1. The number of halogens is 1. The van der Waals surface area contributed by atoms with Crippen LogP contribution in [0.2, 0.25) is 5.02 Å². The molecule has 1 aromatic rings. The fourth-order valence-corrected chi connectivity index (χ4v) is 1.59. The molecule has 1 aromatic carbocycles. The lowest BCUT2D eigenvalue weighted by atomic mass is 10.1. The molecule has 96 valence electrons. The number of carbonyl (C=O) groups is 1. The van der Waals surface area contributed by atoms with Gasteiger partial charge < -0.3 is 4.74 Å². The normalized spacial score (nSPS) is 11.8. The SMILES string of the molecule is CC(C)C(Oc1ccc(C#N)c(Cl)c1)C(=O)NN. The minimum Gasteiger partial charge on any atom is -0.480 e. The van der Waals surface area contributed by atoms with Crippen molar-refractivity contribution in [1.29, 1.82) is 5.26 Å². The van der Waals surface area contributed by atoms with Crippen LogP contribution in [0.1, 0.15) is 19.4 Å². The number of rotatable bonds is 4. The van der Waals surface area contributed by atoms with E-state index in [0.29, 0.717) is 11.3 Å². The maximum atomic E-state index is 11.5. The van der Waals surface area contributed by atoms with Crippen LogP contribution in [-0.2, 0) is 4.79 Å². The Labute approximate surface area is 110 Å². The van der Waals surface area contributed by atoms with E-state index in [0.717, 1.165) is 0 Å². The van der Waals surface area contributed by atoms with E-state index in [1.807, 2.05) is 19.9 Å². The molecule has 0 radical (unpaired) electrons. The monoisotopic (exact) mass is 267 g/mol. The van der Waals surface area contributed by atoms with Gasteiger partial charge in [-0.2, -0.15) is 5.26 Å². The third kappa shape index (κ3) is 3.36. The zero-order valence-corrected chi connectivity index (χ0v) is 10.9. The smallest absolute Gasteiger partial charge is 0.275 e. The molecule has 5 nitrogen and oxygen atoms in total. The Morgan fingerprint density at radius 3 is 2.67 bits per heavy atom. The van der Waals surface area contributed by atoms with Crippen LogP contribution in [0.15, 0.2) is 18.2 Å². The minimum atomic E-state index is -0.709. The van der Waals surface area contributed by atoms with Crippen molar-refractivity contribution in [1.82, 2.24) is 5.43 Å². The Morgan fingerprint density at radius 1 is 1.56 bits per heavy atom. The Bertz CT molecular complexity index is 483. The summed E-state index contributed by atoms with van der Waals surface area (Å²) < 4.78 is 5.52. The maximum absolute atomic E-state index is 11.5. The number of benzene rings is 1. The number of hydrogen-bond acceptors (Lipinski definition) is 4. The molecule has 0 spiro atoms. The van der Waals surface area contributed by atoms with Gasteiger partial charge in [0.15, 0.2) is 6.10 Å². The Morgan fingerprint density at radius 2 is 2.22 bits per heavy atom. The summed E-state index contributed by atoms with van der Waals surface area (Å²) in [6.45, 7) is 3.68. The first kappa shape index (κ1) is 14.3. The number of nitrogens with two attached hydrogens (primary N) is 1. The zero-order chi connectivity index (χ0) is 13.7. The molecule has 0 aliphatic heterocycles. The largest absolute Gasteiger partial charge is 0.480 e. The molecule has 0 saturated carbocycles. The lowest BCUT2D eigenvalue weighted by Gasteiger charge is -2.20. The predicted molar refractivity (Wildman–Crippen MR) is 67.8 cm³/mol. The highest BCUT2D eigenvalue weighted by Gasteiger charge is 2.23. The van der Waals surface area contributed by atoms with E-state index in [1.165, 1.54) is 12.1 Å². The lowest BCUT2D eigenvalue weighted by molar-refractivity contribution is -0.129. The summed E-state index contributed by atoms with van der Waals surface area (Å²) in [5, 5.41) is 9.03. The standard InChI is InChI=1S/C12H14ClN3O2/c1-7(2)11(12(17)16-15)18-9-4-3-8(6-14)10(13)5-9/h3-5,7,11H,15H2,1-2H3,(H,16,17). The second-order valence-corrected chi connectivity index (χ2v) is 4.45. The van der Waals surface area contributed by atoms with E-state index >= 15 is 0 Å². The first-order valence-corrected chi connectivity index (χ1v) is 5.74. The van der Waals surface area contributed by atoms with Crippen molar-refractivity contribution in [3.63, 3.8) is 0 Å². The van der Waals surface area contributed by atoms with Crippen molar-refractivity contribution >= 4 is 17.5 Å². The molecular formula is C12H14ClN3O2. The third-order valence-electron chi connectivity index (χ3n) is 2.33. The fourth-order valence-electron chi connectivity index (χ4n) is 1.38. The molecule has 0 aromatic heterocycles. The number of nitriles is 1. The Kier molecular flexibility index (Phi) is 4.95. The molecule has 6 heteroatoms. The van der Waals surface area contributed by atoms with Gasteiger partial charge in [-0.3, -0.25) is 10.2 Å². The van der Waals surface area contributed by atoms with Gasteiger partial charge in [-0.25, -0.2) is 5.84 Å². The molecule has 0 heterocycles. The van der Waals surface area contributed by atoms with Crippen LogP contribution in [0.4, 0.5) is 0 Å². The summed E-state index contributed by atoms with van der Waals surface area (Å²) in [5.74, 6) is 5.04. The van der Waals surface area contributed by atoms with Gasteiger partial charge in [0.2, 0.25) is 0 Å². The van der Waals surface area contributed by atoms with Crippen LogP contribution in [0, 0.1) is 17.2 Å². The topological polar surface area (TPSA) is 88.1 Å². The van der Waals surface area contributed by atoms with Gasteiger partial charge in [0, 0.05) is 6.07 Å². The van der Waals surface area contributed by atoms with E-state index < -0.39 is 12.0 Å². The molecule has 0 fully saturated rings. The van der Waals surface area contributed by atoms with Gasteiger partial charge in [-0.15, -0.1) is 0 Å². The molecule has 3 N–H and O–H groups in total. The number of amides is 1. The molecule has 0 aliphatic rings. The number of nitrogens with one attached hydrogen (secondary N) is 1. The average molecular weight is 268 g/mol. The van der Waals surface area contributed by atoms with E-state index in [-0.39, 0.29) is 10.9 Å². The van der Waals surface area contributed by atoms with Gasteiger partial charge in [0.1, 0.15) is 11.8 Å². The van der Waals surface area contributed by atoms with Crippen LogP contribution < -0.4 is 16.0 Å². The van der Waals surface area contributed by atoms with Gasteiger partial charge in [0.05, 0.1) is 10.6 Å². The number of ether oxygens (including phenoxy) is 1. The van der Waals surface area contributed by atoms with Crippen molar-refractivity contribution in [3.8, 4) is 11.8 Å². The van der Waals surface area contributed by atoms with Gasteiger partial charge in [-0.1, -0.05) is 25.4 Å². The van der Waals surface area contributed by atoms with Crippen LogP contribution in [0.3, 0.4) is 0 Å². The summed E-state index contributed by atoms with van der Waals surface area (Å²) in [7, 11) is 0. The number of hydrazine groups is 1. The van der Waals surface area contributed by atoms with Crippen molar-refractivity contribution in [3.05, 3.63) is 28.8 Å². The molecular weight excluding hydrogens is 254 g/mol. The van der Waals surface area contributed by atoms with Crippen molar-refractivity contribution in [2.45, 2.75) is 20.0 Å². The van der Waals surface area contributed by atoms with Crippen LogP contribution in [-0.4, -0.2) is 12.0 Å². The number of nitrogens with zero attached hydrogens (tertiary/aromatic N) is 1. The van der Waals surface area contributed by atoms with Crippen LogP contribution in [0.25, 0.3) is 0 Å². The minimum absolute atomic E-state index is 0.0528. The Hall–Kier alpha value is -1.77. The van der Waals surface area contributed by atoms with Crippen LogP contribution >= 0.6 is 11.6 Å². The Balaban J connectivity index is 2.92. The van der Waals surface area contributed by atoms with Crippen LogP contribution in [0.5, 0.6) is 5.75 Å². The van der Waals surface area contributed by atoms with E-state index in [1.54, 1.807) is 6.07 Å². The molecule has 1 unspecified atom stereocenters. The molecule has 1 amide bonds. The van der Waals surface area contributed by atoms with Crippen molar-refractivity contribution in [2.75, 3.05) is 0 Å². The highest BCUT2D eigenvalue weighted by Crippen LogP contribution is 2.23. The summed E-state index contributed by atoms with van der Waals surface area (Å²) >= 11 is 5.88. The molecule has 18 heavy (non-hydrogen) atoms. The van der Waals surface area contributed by atoms with Crippen molar-refractivity contribution < 1.29 is 9.53 Å². The maximum Gasteiger partial charge on any atom is 0.275 e. The second-order valence-electron chi connectivity index (χ2n) is 4.04. The first-order valence-electron chi connectivity index (χ1n) is 5.36. The summed E-state index contributed by atoms with van der Waals surface area (Å²) in [6.07, 6.45) is -0.709. The molecule has 1 atom stereocenters. The van der Waals surface area contributed by atoms with Crippen molar-refractivity contribution in [2.24, 2.45) is 11.8 Å². The highest BCUT2D eigenvalue weighted by atomic mass is 35.5. The summed E-state index contributed by atoms with van der Waals surface area (Å²) in [5.41, 5.74) is 2.41. The zero-order valence-electron chi connectivity index (χ0n) is 10.1. The summed E-state index contributed by atoms with van der Waals surface area (Å²) in [4.78, 5) is 11.5. The second kappa shape index (κ2) is 6.24. The molecule has 0 aliphatic carbocycles. The quantitative estimate of drug-likeness (QED) is 0.493. The van der Waals surface area contributed by atoms with E-state index in [9.17, 15) is 4.79 Å². The summed E-state index contributed by atoms with van der Waals surface area (Å²) in [6, 6.07) is 6.57. The third-order valence-corrected chi connectivity index (χ3v) is 2.64. The van der Waals surface area contributed by atoms with E-state index in [4.69, 9.17) is 27.4 Å². The fraction of sp³-hybridized carbons (Fsp3) is 0.333. The van der Waals surface area contributed by atoms with Gasteiger partial charge in [-0.05, 0) is 18.1 Å². The van der Waals surface area contributed by atoms with Gasteiger partial charge in [0.25, 0.3) is 5.91 Å². The lowest BCUT2D eigenvalue weighted by Crippen LogP contribution is -2.44. The number of hydrogen-bond donors (Lipinski definition) is 2. The average Bonchev–Trinajstić information content (AvgIpc) is 2.35. The van der Waals surface area contributed by atoms with Gasteiger partial charge >= 0.3 is 0 Å². The van der Waals surface area contributed by atoms with E-state index in [2.05, 4.69) is 5.43 Å². The highest BCUT2D eigenvalue weighted by molar-refractivity contribution is 6.31. The molecule has 1 rings (SSSR count). The molecule has 0 saturated heterocycles. The predicted octanol–water partition coefficient (Wildman–Crippen LogP) is 1.60.